The van der Waals surface area contributed by atoms with Crippen molar-refractivity contribution in [2.45, 2.75) is 25.3 Å². The molecule has 1 atom stereocenters. The quantitative estimate of drug-likeness (QED) is 0.586. The number of carboxylic acids is 1. The Morgan fingerprint density at radius 2 is 2.24 bits per heavy atom. The number of nitrogens with zero attached hydrogens (tertiary/aromatic N) is 1. The third kappa shape index (κ3) is 2.82. The number of para-hydroxylation sites is 1. The molecule has 1 aromatic rings. The number of hydrogen-bond acceptors (Lipinski definition) is 5. The Labute approximate surface area is 122 Å². The molecule has 2 N–H and O–H groups in total. The molecule has 0 aromatic heterocycles. The van der Waals surface area contributed by atoms with Crippen LogP contribution in [0.5, 0.6) is 5.75 Å². The number of nitro groups is 1. The number of nitro benzene ring substituents is 1. The van der Waals surface area contributed by atoms with Crippen molar-refractivity contribution in [2.75, 3.05) is 13.7 Å². The van der Waals surface area contributed by atoms with Crippen LogP contribution in [0.1, 0.15) is 18.4 Å². The summed E-state index contributed by atoms with van der Waals surface area (Å²) in [5, 5.41) is 23.4. The van der Waals surface area contributed by atoms with Crippen molar-refractivity contribution in [3.8, 4) is 5.75 Å². The number of hydrogen-bond donors (Lipinski definition) is 2. The number of aryl methyl sites for hydroxylation is 1. The first-order valence-electron chi connectivity index (χ1n) is 6.71. The highest BCUT2D eigenvalue weighted by atomic mass is 16.6. The summed E-state index contributed by atoms with van der Waals surface area (Å²) in [6.45, 7) is 1.47. The standard InChI is InChI=1S/C14H18N2O5/c1-9-4-3-5-11(12(9)16(19)20)21-8-14(15-2,13(17)18)10-6-7-10/h3-5,10,15H,6-8H2,1-2H3,(H,17,18). The molecule has 2 rings (SSSR count). The van der Waals surface area contributed by atoms with Gasteiger partial charge in [-0.2, -0.15) is 0 Å². The maximum Gasteiger partial charge on any atom is 0.327 e. The number of likely N-dealkylation sites (N-methyl/N-ethyl adjacent to an activating group) is 1. The molecule has 1 unspecified atom stereocenters. The van der Waals surface area contributed by atoms with Crippen molar-refractivity contribution in [1.29, 1.82) is 0 Å². The van der Waals surface area contributed by atoms with Crippen molar-refractivity contribution < 1.29 is 19.6 Å². The normalized spacial score (nSPS) is 17.0. The minimum Gasteiger partial charge on any atom is -0.484 e. The number of carbonyl (C=O) groups is 1. The van der Waals surface area contributed by atoms with E-state index >= 15 is 0 Å². The number of aliphatic carboxylic acids is 1. The van der Waals surface area contributed by atoms with Crippen LogP contribution in [0.25, 0.3) is 0 Å². The second kappa shape index (κ2) is 5.69. The predicted molar refractivity (Wildman–Crippen MR) is 75.5 cm³/mol. The van der Waals surface area contributed by atoms with E-state index in [1.165, 1.54) is 6.07 Å². The van der Waals surface area contributed by atoms with Gasteiger partial charge in [-0.15, -0.1) is 0 Å². The zero-order valence-corrected chi connectivity index (χ0v) is 12.0. The van der Waals surface area contributed by atoms with E-state index < -0.39 is 16.4 Å². The molecule has 7 heteroatoms. The molecule has 7 nitrogen and oxygen atoms in total. The summed E-state index contributed by atoms with van der Waals surface area (Å²) in [5.41, 5.74) is -0.838. The number of rotatable bonds is 7. The maximum absolute atomic E-state index is 11.6. The van der Waals surface area contributed by atoms with Gasteiger partial charge in [0.05, 0.1) is 4.92 Å². The van der Waals surface area contributed by atoms with Crippen LogP contribution >= 0.6 is 0 Å². The molecular formula is C14H18N2O5. The van der Waals surface area contributed by atoms with Crippen molar-refractivity contribution in [3.63, 3.8) is 0 Å². The zero-order valence-electron chi connectivity index (χ0n) is 12.0. The summed E-state index contributed by atoms with van der Waals surface area (Å²) < 4.78 is 5.51. The zero-order chi connectivity index (χ0) is 15.6. The van der Waals surface area contributed by atoms with Gasteiger partial charge in [-0.3, -0.25) is 14.9 Å². The molecule has 1 aliphatic rings. The molecule has 114 valence electrons. The Morgan fingerprint density at radius 3 is 2.71 bits per heavy atom. The Morgan fingerprint density at radius 1 is 1.57 bits per heavy atom. The van der Waals surface area contributed by atoms with Crippen LogP contribution in [0.3, 0.4) is 0 Å². The van der Waals surface area contributed by atoms with Gasteiger partial charge < -0.3 is 15.2 Å². The Hall–Kier alpha value is -2.15. The van der Waals surface area contributed by atoms with Gasteiger partial charge in [0.15, 0.2) is 11.3 Å². The Bertz CT molecular complexity index is 570. The minimum atomic E-state index is -1.20. The van der Waals surface area contributed by atoms with E-state index in [1.807, 2.05) is 0 Å². The largest absolute Gasteiger partial charge is 0.484 e. The number of carboxylic acid groups (broad SMARTS) is 1. The smallest absolute Gasteiger partial charge is 0.327 e. The molecule has 1 aromatic carbocycles. The fraction of sp³-hybridized carbons (Fsp3) is 0.500. The SMILES string of the molecule is CNC(COc1cccc(C)c1[N+](=O)[O-])(C(=O)O)C1CC1. The van der Waals surface area contributed by atoms with Crippen LogP contribution in [0, 0.1) is 23.0 Å². The van der Waals surface area contributed by atoms with E-state index in [9.17, 15) is 20.0 Å². The molecule has 1 aliphatic carbocycles. The minimum absolute atomic E-state index is 0.0103. The van der Waals surface area contributed by atoms with Crippen LogP contribution in [-0.2, 0) is 4.79 Å². The van der Waals surface area contributed by atoms with Gasteiger partial charge in [0, 0.05) is 5.56 Å². The third-order valence-corrected chi connectivity index (χ3v) is 3.94. The van der Waals surface area contributed by atoms with Gasteiger partial charge in [-0.1, -0.05) is 12.1 Å². The second-order valence-corrected chi connectivity index (χ2v) is 5.27. The van der Waals surface area contributed by atoms with Crippen molar-refractivity contribution in [3.05, 3.63) is 33.9 Å². The van der Waals surface area contributed by atoms with Gasteiger partial charge in [0.1, 0.15) is 6.61 Å². The molecule has 0 aliphatic heterocycles. The van der Waals surface area contributed by atoms with Gasteiger partial charge in [0.2, 0.25) is 0 Å². The summed E-state index contributed by atoms with van der Waals surface area (Å²) in [4.78, 5) is 22.2. The van der Waals surface area contributed by atoms with Crippen molar-refractivity contribution in [1.82, 2.24) is 5.32 Å². The van der Waals surface area contributed by atoms with Crippen molar-refractivity contribution >= 4 is 11.7 Å². The van der Waals surface area contributed by atoms with E-state index in [1.54, 1.807) is 26.1 Å². The first-order valence-corrected chi connectivity index (χ1v) is 6.71. The molecule has 1 saturated carbocycles. The summed E-state index contributed by atoms with van der Waals surface area (Å²) in [6, 6.07) is 4.76. The average Bonchev–Trinajstić information content (AvgIpc) is 3.24. The molecule has 0 heterocycles. The fourth-order valence-corrected chi connectivity index (χ4v) is 2.49. The number of nitrogens with one attached hydrogen (secondary N) is 1. The van der Waals surface area contributed by atoms with Gasteiger partial charge in [-0.05, 0) is 38.8 Å². The highest BCUT2D eigenvalue weighted by molar-refractivity contribution is 5.80. The monoisotopic (exact) mass is 294 g/mol. The van der Waals surface area contributed by atoms with Crippen LogP contribution < -0.4 is 10.1 Å². The summed E-state index contributed by atoms with van der Waals surface area (Å²) >= 11 is 0. The first kappa shape index (κ1) is 15.2. The summed E-state index contributed by atoms with van der Waals surface area (Å²) in [6.07, 6.45) is 1.62. The molecule has 0 amide bonds. The van der Waals surface area contributed by atoms with Crippen LogP contribution in [-0.4, -0.2) is 35.2 Å². The van der Waals surface area contributed by atoms with Gasteiger partial charge in [0.25, 0.3) is 0 Å². The molecule has 0 bridgehead atoms. The highest BCUT2D eigenvalue weighted by Gasteiger charge is 2.51. The van der Waals surface area contributed by atoms with Crippen LogP contribution in [0.15, 0.2) is 18.2 Å². The van der Waals surface area contributed by atoms with E-state index in [0.717, 1.165) is 12.8 Å². The molecule has 0 spiro atoms. The number of ether oxygens (including phenoxy) is 1. The number of benzene rings is 1. The lowest BCUT2D eigenvalue weighted by atomic mass is 9.94. The lowest BCUT2D eigenvalue weighted by Crippen LogP contribution is -2.56. The molecule has 1 fully saturated rings. The van der Waals surface area contributed by atoms with Gasteiger partial charge in [-0.25, -0.2) is 0 Å². The topological polar surface area (TPSA) is 102 Å². The Balaban J connectivity index is 2.24. The highest BCUT2D eigenvalue weighted by Crippen LogP contribution is 2.41. The lowest BCUT2D eigenvalue weighted by Gasteiger charge is -2.28. The van der Waals surface area contributed by atoms with E-state index in [-0.39, 0.29) is 24.0 Å². The van der Waals surface area contributed by atoms with E-state index in [4.69, 9.17) is 4.74 Å². The van der Waals surface area contributed by atoms with Gasteiger partial charge >= 0.3 is 11.7 Å². The van der Waals surface area contributed by atoms with E-state index in [2.05, 4.69) is 5.32 Å². The molecule has 21 heavy (non-hydrogen) atoms. The molecule has 0 radical (unpaired) electrons. The lowest BCUT2D eigenvalue weighted by molar-refractivity contribution is -0.386. The van der Waals surface area contributed by atoms with Crippen LogP contribution in [0.4, 0.5) is 5.69 Å². The van der Waals surface area contributed by atoms with Crippen LogP contribution in [0.2, 0.25) is 0 Å². The third-order valence-electron chi connectivity index (χ3n) is 3.94. The fourth-order valence-electron chi connectivity index (χ4n) is 2.49. The van der Waals surface area contributed by atoms with Crippen molar-refractivity contribution in [2.24, 2.45) is 5.92 Å². The summed E-state index contributed by atoms with van der Waals surface area (Å²) in [7, 11) is 1.57. The summed E-state index contributed by atoms with van der Waals surface area (Å²) in [5.74, 6) is -0.909. The molecule has 0 saturated heterocycles. The maximum atomic E-state index is 11.6. The second-order valence-electron chi connectivity index (χ2n) is 5.27. The average molecular weight is 294 g/mol. The Kier molecular flexibility index (Phi) is 4.13. The van der Waals surface area contributed by atoms with E-state index in [0.29, 0.717) is 5.56 Å². The molecular weight excluding hydrogens is 276 g/mol. The first-order chi connectivity index (χ1) is 9.92. The predicted octanol–water partition coefficient (Wildman–Crippen LogP) is 1.73.